The maximum Gasteiger partial charge on any atom is 0.197 e. The average molecular weight is 296 g/mol. The predicted octanol–water partition coefficient (Wildman–Crippen LogP) is 2.75. The van der Waals surface area contributed by atoms with Crippen LogP contribution in [0.2, 0.25) is 5.02 Å². The highest BCUT2D eigenvalue weighted by atomic mass is 35.5. The number of hydrogen-bond donors (Lipinski definition) is 1. The van der Waals surface area contributed by atoms with Crippen molar-refractivity contribution in [2.45, 2.75) is 33.1 Å². The second-order valence-electron chi connectivity index (χ2n) is 5.49. The van der Waals surface area contributed by atoms with Crippen LogP contribution in [-0.2, 0) is 6.54 Å². The molecule has 0 radical (unpaired) electrons. The van der Waals surface area contributed by atoms with Gasteiger partial charge in [-0.1, -0.05) is 25.4 Å². The Morgan fingerprint density at radius 2 is 2.05 bits per heavy atom. The van der Waals surface area contributed by atoms with Crippen LogP contribution in [0, 0.1) is 5.41 Å². The molecule has 0 amide bonds. The summed E-state index contributed by atoms with van der Waals surface area (Å²) in [5, 5.41) is 14.7. The third-order valence-electron chi connectivity index (χ3n) is 2.87. The largest absolute Gasteiger partial charge is 0.465 e. The van der Waals surface area contributed by atoms with Gasteiger partial charge < -0.3 is 9.84 Å². The first-order chi connectivity index (χ1) is 9.44. The van der Waals surface area contributed by atoms with Crippen molar-refractivity contribution in [2.24, 2.45) is 5.41 Å². The molecule has 6 heteroatoms. The van der Waals surface area contributed by atoms with Crippen molar-refractivity contribution in [2.75, 3.05) is 0 Å². The second kappa shape index (κ2) is 6.24. The second-order valence-corrected chi connectivity index (χ2v) is 5.92. The van der Waals surface area contributed by atoms with E-state index < -0.39 is 6.29 Å². The minimum absolute atomic E-state index is 0.167. The smallest absolute Gasteiger partial charge is 0.197 e. The molecule has 1 unspecified atom stereocenters. The molecule has 0 fully saturated rings. The van der Waals surface area contributed by atoms with Gasteiger partial charge in [0.1, 0.15) is 18.4 Å². The Morgan fingerprint density at radius 1 is 1.35 bits per heavy atom. The number of hydrogen-bond acceptors (Lipinski definition) is 4. The summed E-state index contributed by atoms with van der Waals surface area (Å²) in [6, 6.07) is 6.92. The topological polar surface area (TPSA) is 60.2 Å². The fraction of sp³-hybridized carbons (Fsp3) is 0.429. The van der Waals surface area contributed by atoms with Gasteiger partial charge in [-0.25, -0.2) is 4.98 Å². The van der Waals surface area contributed by atoms with Gasteiger partial charge in [0, 0.05) is 18.0 Å². The molecule has 0 spiro atoms. The highest BCUT2D eigenvalue weighted by Crippen LogP contribution is 2.26. The quantitative estimate of drug-likeness (QED) is 0.833. The lowest BCUT2D eigenvalue weighted by molar-refractivity contribution is -0.0499. The van der Waals surface area contributed by atoms with Crippen LogP contribution < -0.4 is 4.74 Å². The molecular formula is C14H18ClN3O2. The van der Waals surface area contributed by atoms with Gasteiger partial charge in [0.2, 0.25) is 0 Å². The molecule has 1 heterocycles. The van der Waals surface area contributed by atoms with Crippen LogP contribution >= 0.6 is 11.6 Å². The lowest BCUT2D eigenvalue weighted by atomic mass is 9.89. The standard InChI is InChI=1S/C14H18ClN3O2/c1-14(2,8-18-10-16-9-17-18)7-13(19)20-12-5-3-11(15)4-6-12/h3-6,9-10,13,19H,7-8H2,1-2H3. The molecule has 0 aliphatic rings. The van der Waals surface area contributed by atoms with Gasteiger partial charge in [0.05, 0.1) is 0 Å². The summed E-state index contributed by atoms with van der Waals surface area (Å²) in [6.45, 7) is 4.75. The number of halogens is 1. The molecule has 108 valence electrons. The number of aromatic nitrogens is 3. The Morgan fingerprint density at radius 3 is 2.65 bits per heavy atom. The number of aliphatic hydroxyl groups excluding tert-OH is 1. The van der Waals surface area contributed by atoms with Crippen molar-refractivity contribution in [3.05, 3.63) is 41.9 Å². The minimum atomic E-state index is -0.880. The van der Waals surface area contributed by atoms with Gasteiger partial charge in [0.15, 0.2) is 6.29 Å². The number of rotatable bonds is 6. The highest BCUT2D eigenvalue weighted by molar-refractivity contribution is 6.30. The third kappa shape index (κ3) is 4.51. The first kappa shape index (κ1) is 14.8. The van der Waals surface area contributed by atoms with Crippen molar-refractivity contribution in [3.8, 4) is 5.75 Å². The van der Waals surface area contributed by atoms with E-state index in [4.69, 9.17) is 16.3 Å². The molecule has 0 aliphatic heterocycles. The minimum Gasteiger partial charge on any atom is -0.465 e. The van der Waals surface area contributed by atoms with Gasteiger partial charge in [-0.2, -0.15) is 5.10 Å². The Hall–Kier alpha value is -1.59. The molecule has 0 aliphatic carbocycles. The van der Waals surface area contributed by atoms with E-state index in [0.717, 1.165) is 0 Å². The Labute approximate surface area is 123 Å². The zero-order chi connectivity index (χ0) is 14.6. The van der Waals surface area contributed by atoms with Gasteiger partial charge in [-0.15, -0.1) is 0 Å². The summed E-state index contributed by atoms with van der Waals surface area (Å²) >= 11 is 5.80. The van der Waals surface area contributed by atoms with E-state index in [-0.39, 0.29) is 5.41 Å². The molecule has 0 saturated heterocycles. The van der Waals surface area contributed by atoms with Crippen molar-refractivity contribution in [3.63, 3.8) is 0 Å². The van der Waals surface area contributed by atoms with Gasteiger partial charge in [-0.3, -0.25) is 4.68 Å². The van der Waals surface area contributed by atoms with E-state index in [1.165, 1.54) is 6.33 Å². The monoisotopic (exact) mass is 295 g/mol. The van der Waals surface area contributed by atoms with E-state index in [9.17, 15) is 5.11 Å². The van der Waals surface area contributed by atoms with Gasteiger partial charge in [-0.05, 0) is 29.7 Å². The molecule has 1 atom stereocenters. The van der Waals surface area contributed by atoms with E-state index in [1.54, 1.807) is 35.3 Å². The Bertz CT molecular complexity index is 526. The number of ether oxygens (including phenoxy) is 1. The van der Waals surface area contributed by atoms with Crippen molar-refractivity contribution in [1.29, 1.82) is 0 Å². The van der Waals surface area contributed by atoms with Crippen LogP contribution in [0.3, 0.4) is 0 Å². The molecule has 1 aromatic carbocycles. The lowest BCUT2D eigenvalue weighted by Gasteiger charge is -2.27. The SMILES string of the molecule is CC(C)(CC(O)Oc1ccc(Cl)cc1)Cn1cncn1. The number of nitrogens with zero attached hydrogens (tertiary/aromatic N) is 3. The Kier molecular flexibility index (Phi) is 4.62. The molecule has 1 N–H and O–H groups in total. The summed E-state index contributed by atoms with van der Waals surface area (Å²) in [4.78, 5) is 3.91. The van der Waals surface area contributed by atoms with E-state index in [0.29, 0.717) is 23.7 Å². The van der Waals surface area contributed by atoms with Crippen molar-refractivity contribution >= 4 is 11.6 Å². The zero-order valence-corrected chi connectivity index (χ0v) is 12.3. The van der Waals surface area contributed by atoms with Gasteiger partial charge >= 0.3 is 0 Å². The normalized spacial score (nSPS) is 13.2. The summed E-state index contributed by atoms with van der Waals surface area (Å²) < 4.78 is 7.22. The Balaban J connectivity index is 1.89. The van der Waals surface area contributed by atoms with Crippen LogP contribution in [0.4, 0.5) is 0 Å². The van der Waals surface area contributed by atoms with E-state index in [2.05, 4.69) is 10.1 Å². The van der Waals surface area contributed by atoms with E-state index in [1.807, 2.05) is 13.8 Å². The molecule has 2 rings (SSSR count). The summed E-state index contributed by atoms with van der Waals surface area (Å²) in [5.41, 5.74) is -0.167. The third-order valence-corrected chi connectivity index (χ3v) is 3.12. The predicted molar refractivity (Wildman–Crippen MR) is 76.5 cm³/mol. The van der Waals surface area contributed by atoms with Gasteiger partial charge in [0.25, 0.3) is 0 Å². The van der Waals surface area contributed by atoms with Crippen LogP contribution in [-0.4, -0.2) is 26.2 Å². The lowest BCUT2D eigenvalue weighted by Crippen LogP contribution is -2.29. The first-order valence-electron chi connectivity index (χ1n) is 6.37. The first-order valence-corrected chi connectivity index (χ1v) is 6.75. The highest BCUT2D eigenvalue weighted by Gasteiger charge is 2.24. The molecule has 1 aromatic heterocycles. The number of aliphatic hydroxyl groups is 1. The zero-order valence-electron chi connectivity index (χ0n) is 11.5. The summed E-state index contributed by atoms with van der Waals surface area (Å²) in [6.07, 6.45) is 2.76. The van der Waals surface area contributed by atoms with E-state index >= 15 is 0 Å². The maximum atomic E-state index is 10.0. The maximum absolute atomic E-state index is 10.0. The summed E-state index contributed by atoms with van der Waals surface area (Å²) in [7, 11) is 0. The van der Waals surface area contributed by atoms with Crippen molar-refractivity contribution in [1.82, 2.24) is 14.8 Å². The fourth-order valence-electron chi connectivity index (χ4n) is 2.00. The van der Waals surface area contributed by atoms with Crippen LogP contribution in [0.1, 0.15) is 20.3 Å². The molecule has 2 aromatic rings. The van der Waals surface area contributed by atoms with Crippen LogP contribution in [0.5, 0.6) is 5.75 Å². The molecule has 0 saturated carbocycles. The molecule has 0 bridgehead atoms. The summed E-state index contributed by atoms with van der Waals surface area (Å²) in [5.74, 6) is 0.596. The fourth-order valence-corrected chi connectivity index (χ4v) is 2.13. The molecule has 20 heavy (non-hydrogen) atoms. The molecular weight excluding hydrogens is 278 g/mol. The average Bonchev–Trinajstić information content (AvgIpc) is 2.83. The van der Waals surface area contributed by atoms with Crippen LogP contribution in [0.25, 0.3) is 0 Å². The van der Waals surface area contributed by atoms with Crippen molar-refractivity contribution < 1.29 is 9.84 Å². The van der Waals surface area contributed by atoms with Crippen LogP contribution in [0.15, 0.2) is 36.9 Å². The number of benzene rings is 1. The molecule has 5 nitrogen and oxygen atoms in total.